The Balaban J connectivity index is 1.64. The number of hydrogen-bond acceptors (Lipinski definition) is 6. The monoisotopic (exact) mass is 274 g/mol. The van der Waals surface area contributed by atoms with Gasteiger partial charge >= 0.3 is 0 Å². The molecule has 7 heteroatoms. The van der Waals surface area contributed by atoms with Gasteiger partial charge in [-0.25, -0.2) is 0 Å². The fourth-order valence-electron chi connectivity index (χ4n) is 1.96. The summed E-state index contributed by atoms with van der Waals surface area (Å²) in [7, 11) is 0. The molecule has 1 aromatic heterocycles. The zero-order chi connectivity index (χ0) is 13.8. The lowest BCUT2D eigenvalue weighted by atomic mass is 10.2. The zero-order valence-electron chi connectivity index (χ0n) is 10.7. The number of hydrogen-bond donors (Lipinski definition) is 2. The highest BCUT2D eigenvalue weighted by Gasteiger charge is 2.21. The first-order valence-electron chi connectivity index (χ1n) is 6.32. The van der Waals surface area contributed by atoms with E-state index in [1.807, 2.05) is 12.1 Å². The van der Waals surface area contributed by atoms with Gasteiger partial charge in [0.2, 0.25) is 18.1 Å². The van der Waals surface area contributed by atoms with E-state index in [9.17, 15) is 4.79 Å². The molecule has 20 heavy (non-hydrogen) atoms. The van der Waals surface area contributed by atoms with Crippen LogP contribution in [0.4, 0.5) is 5.69 Å². The number of aromatic nitrogens is 2. The summed E-state index contributed by atoms with van der Waals surface area (Å²) in [5, 5.41) is 9.69. The van der Waals surface area contributed by atoms with Crippen LogP contribution in [-0.2, 0) is 9.53 Å². The van der Waals surface area contributed by atoms with Crippen LogP contribution in [0.1, 0.15) is 0 Å². The van der Waals surface area contributed by atoms with Crippen LogP contribution in [0, 0.1) is 0 Å². The van der Waals surface area contributed by atoms with Gasteiger partial charge in [0.25, 0.3) is 0 Å². The number of ether oxygens (including phenoxy) is 1. The largest absolute Gasteiger partial charge is 0.378 e. The highest BCUT2D eigenvalue weighted by molar-refractivity contribution is 5.95. The number of nitrogens with zero attached hydrogens (tertiary/aromatic N) is 2. The fourth-order valence-corrected chi connectivity index (χ4v) is 1.96. The van der Waals surface area contributed by atoms with Crippen LogP contribution in [0.25, 0.3) is 11.4 Å². The molecule has 1 aliphatic heterocycles. The average Bonchev–Trinajstić information content (AvgIpc) is 3.03. The summed E-state index contributed by atoms with van der Waals surface area (Å²) in [5.41, 5.74) is 1.55. The topological polar surface area (TPSA) is 89.3 Å². The summed E-state index contributed by atoms with van der Waals surface area (Å²) in [5.74, 6) is 0.419. The summed E-state index contributed by atoms with van der Waals surface area (Å²) < 4.78 is 9.95. The van der Waals surface area contributed by atoms with Gasteiger partial charge in [0.1, 0.15) is 6.04 Å². The summed E-state index contributed by atoms with van der Waals surface area (Å²) in [6.07, 6.45) is 1.28. The molecule has 0 radical (unpaired) electrons. The summed E-state index contributed by atoms with van der Waals surface area (Å²) in [6.45, 7) is 1.73. The van der Waals surface area contributed by atoms with Gasteiger partial charge in [-0.05, 0) is 24.3 Å². The van der Waals surface area contributed by atoms with E-state index in [0.717, 1.165) is 11.3 Å². The highest BCUT2D eigenvalue weighted by atomic mass is 16.5. The minimum Gasteiger partial charge on any atom is -0.378 e. The van der Waals surface area contributed by atoms with Crippen molar-refractivity contribution in [2.45, 2.75) is 6.04 Å². The van der Waals surface area contributed by atoms with Crippen LogP contribution in [0.15, 0.2) is 35.2 Å². The van der Waals surface area contributed by atoms with Crippen molar-refractivity contribution in [3.63, 3.8) is 0 Å². The van der Waals surface area contributed by atoms with Crippen LogP contribution in [0.5, 0.6) is 0 Å². The third-order valence-electron chi connectivity index (χ3n) is 3.01. The van der Waals surface area contributed by atoms with Crippen molar-refractivity contribution >= 4 is 11.6 Å². The van der Waals surface area contributed by atoms with E-state index in [1.165, 1.54) is 6.39 Å². The van der Waals surface area contributed by atoms with Gasteiger partial charge in [-0.15, -0.1) is 0 Å². The van der Waals surface area contributed by atoms with Crippen molar-refractivity contribution in [1.29, 1.82) is 0 Å². The van der Waals surface area contributed by atoms with Gasteiger partial charge in [-0.1, -0.05) is 5.16 Å². The second-order valence-electron chi connectivity index (χ2n) is 4.40. The number of amides is 1. The summed E-state index contributed by atoms with van der Waals surface area (Å²) in [4.78, 5) is 15.9. The number of morpholine rings is 1. The number of benzene rings is 1. The van der Waals surface area contributed by atoms with Gasteiger partial charge in [-0.2, -0.15) is 4.98 Å². The Morgan fingerprint density at radius 3 is 2.85 bits per heavy atom. The van der Waals surface area contributed by atoms with Crippen LogP contribution in [0.3, 0.4) is 0 Å². The fraction of sp³-hybridized carbons (Fsp3) is 0.308. The van der Waals surface area contributed by atoms with E-state index in [1.54, 1.807) is 12.1 Å². The van der Waals surface area contributed by atoms with Crippen molar-refractivity contribution < 1.29 is 14.1 Å². The molecular weight excluding hydrogens is 260 g/mol. The summed E-state index contributed by atoms with van der Waals surface area (Å²) in [6, 6.07) is 6.94. The van der Waals surface area contributed by atoms with E-state index in [2.05, 4.69) is 20.8 Å². The Kier molecular flexibility index (Phi) is 3.71. The quantitative estimate of drug-likeness (QED) is 0.854. The third kappa shape index (κ3) is 2.84. The lowest BCUT2D eigenvalue weighted by molar-refractivity contribution is -0.120. The van der Waals surface area contributed by atoms with Crippen LogP contribution >= 0.6 is 0 Å². The Bertz CT molecular complexity index is 562. The molecule has 0 spiro atoms. The van der Waals surface area contributed by atoms with E-state index in [0.29, 0.717) is 25.6 Å². The number of nitrogens with one attached hydrogen (secondary N) is 2. The van der Waals surface area contributed by atoms with Crippen LogP contribution in [-0.4, -0.2) is 41.8 Å². The van der Waals surface area contributed by atoms with Crippen molar-refractivity contribution in [3.8, 4) is 11.4 Å². The van der Waals surface area contributed by atoms with Gasteiger partial charge in [0.05, 0.1) is 13.2 Å². The van der Waals surface area contributed by atoms with Gasteiger partial charge in [0.15, 0.2) is 0 Å². The molecule has 104 valence electrons. The first-order chi connectivity index (χ1) is 9.83. The maximum absolute atomic E-state index is 12.0. The molecule has 0 saturated carbocycles. The van der Waals surface area contributed by atoms with E-state index >= 15 is 0 Å². The molecule has 0 aliphatic carbocycles. The average molecular weight is 274 g/mol. The van der Waals surface area contributed by atoms with Crippen LogP contribution < -0.4 is 10.6 Å². The van der Waals surface area contributed by atoms with Gasteiger partial charge < -0.3 is 19.9 Å². The van der Waals surface area contributed by atoms with Crippen LogP contribution in [0.2, 0.25) is 0 Å². The standard InChI is InChI=1S/C13H14N4O3/c18-13(11-7-19-6-5-14-11)16-10-3-1-9(2-4-10)12-15-8-20-17-12/h1-4,8,11,14H,5-7H2,(H,16,18). The van der Waals surface area contributed by atoms with E-state index < -0.39 is 0 Å². The number of carbonyl (C=O) groups excluding carboxylic acids is 1. The molecule has 1 aliphatic rings. The van der Waals surface area contributed by atoms with Gasteiger partial charge in [0, 0.05) is 17.8 Å². The molecule has 0 bridgehead atoms. The second-order valence-corrected chi connectivity index (χ2v) is 4.40. The van der Waals surface area contributed by atoms with Crippen molar-refractivity contribution in [2.75, 3.05) is 25.1 Å². The Labute approximate surface area is 115 Å². The second kappa shape index (κ2) is 5.81. The molecule has 1 amide bonds. The molecule has 1 unspecified atom stereocenters. The smallest absolute Gasteiger partial charge is 0.243 e. The third-order valence-corrected chi connectivity index (χ3v) is 3.01. The molecular formula is C13H14N4O3. The first-order valence-corrected chi connectivity index (χ1v) is 6.32. The zero-order valence-corrected chi connectivity index (χ0v) is 10.7. The van der Waals surface area contributed by atoms with Crippen molar-refractivity contribution in [2.24, 2.45) is 0 Å². The highest BCUT2D eigenvalue weighted by Crippen LogP contribution is 2.17. The molecule has 1 atom stereocenters. The minimum atomic E-state index is -0.305. The number of rotatable bonds is 3. The predicted molar refractivity (Wildman–Crippen MR) is 71.0 cm³/mol. The Morgan fingerprint density at radius 2 is 2.20 bits per heavy atom. The van der Waals surface area contributed by atoms with Crippen molar-refractivity contribution in [1.82, 2.24) is 15.5 Å². The SMILES string of the molecule is O=C(Nc1ccc(-c2ncon2)cc1)C1COCCN1. The Morgan fingerprint density at radius 1 is 1.35 bits per heavy atom. The molecule has 1 saturated heterocycles. The number of carbonyl (C=O) groups is 1. The van der Waals surface area contributed by atoms with Gasteiger partial charge in [-0.3, -0.25) is 4.79 Å². The number of anilines is 1. The maximum atomic E-state index is 12.0. The first kappa shape index (κ1) is 12.8. The molecule has 2 N–H and O–H groups in total. The summed E-state index contributed by atoms with van der Waals surface area (Å²) >= 11 is 0. The molecule has 1 fully saturated rings. The normalized spacial score (nSPS) is 18.7. The lowest BCUT2D eigenvalue weighted by Gasteiger charge is -2.22. The maximum Gasteiger partial charge on any atom is 0.243 e. The molecule has 3 rings (SSSR count). The molecule has 2 heterocycles. The lowest BCUT2D eigenvalue weighted by Crippen LogP contribution is -2.48. The molecule has 1 aromatic carbocycles. The molecule has 7 nitrogen and oxygen atoms in total. The van der Waals surface area contributed by atoms with E-state index in [-0.39, 0.29) is 11.9 Å². The predicted octanol–water partition coefficient (Wildman–Crippen LogP) is 0.663. The van der Waals surface area contributed by atoms with E-state index in [4.69, 9.17) is 9.26 Å². The van der Waals surface area contributed by atoms with Crippen molar-refractivity contribution in [3.05, 3.63) is 30.7 Å². The minimum absolute atomic E-state index is 0.1000. The molecule has 2 aromatic rings. The Hall–Kier alpha value is -2.25.